The van der Waals surface area contributed by atoms with Gasteiger partial charge in [0.15, 0.2) is 6.61 Å². The lowest BCUT2D eigenvalue weighted by molar-refractivity contribution is -0.152. The molecule has 0 unspecified atom stereocenters. The second kappa shape index (κ2) is 8.02. The summed E-state index contributed by atoms with van der Waals surface area (Å²) in [6.07, 6.45) is 7.61. The number of rotatable bonds is 5. The Balaban J connectivity index is 1.63. The van der Waals surface area contributed by atoms with Crippen molar-refractivity contribution in [1.82, 2.24) is 10.6 Å². The maximum Gasteiger partial charge on any atom is 0.321 e. The molecule has 1 heterocycles. The van der Waals surface area contributed by atoms with Crippen molar-refractivity contribution >= 4 is 17.9 Å². The molecule has 0 saturated heterocycles. The first-order valence-electron chi connectivity index (χ1n) is 7.07. The van der Waals surface area contributed by atoms with Gasteiger partial charge in [0.2, 0.25) is 0 Å². The van der Waals surface area contributed by atoms with E-state index in [1.807, 2.05) is 12.2 Å². The molecule has 0 aromatic carbocycles. The van der Waals surface area contributed by atoms with Crippen molar-refractivity contribution in [3.05, 3.63) is 36.3 Å². The molecule has 1 atom stereocenters. The van der Waals surface area contributed by atoms with Crippen molar-refractivity contribution in [3.63, 3.8) is 0 Å². The van der Waals surface area contributed by atoms with E-state index in [-0.39, 0.29) is 12.5 Å². The number of esters is 1. The standard InChI is InChI=1S/C15H18N2O5/c18-13(10-22-14(19)11-5-2-1-3-6-11)17-15(20)16-9-12-7-4-8-21-12/h1-2,4,7-8,11H,3,5-6,9-10H2,(H2,16,17,18,20)/t11-/m1/s1. The zero-order valence-corrected chi connectivity index (χ0v) is 12.0. The number of hydrogen-bond acceptors (Lipinski definition) is 5. The van der Waals surface area contributed by atoms with Crippen LogP contribution in [0.15, 0.2) is 35.0 Å². The van der Waals surface area contributed by atoms with Gasteiger partial charge in [-0.25, -0.2) is 4.79 Å². The second-order valence-electron chi connectivity index (χ2n) is 4.90. The topological polar surface area (TPSA) is 97.6 Å². The van der Waals surface area contributed by atoms with E-state index < -0.39 is 24.5 Å². The summed E-state index contributed by atoms with van der Waals surface area (Å²) in [6, 6.07) is 2.72. The molecule has 2 rings (SSSR count). The smallest absolute Gasteiger partial charge is 0.321 e. The van der Waals surface area contributed by atoms with E-state index in [1.54, 1.807) is 12.1 Å². The molecule has 0 saturated carbocycles. The number of furan rings is 1. The van der Waals surface area contributed by atoms with Gasteiger partial charge in [0.05, 0.1) is 18.7 Å². The number of carbonyl (C=O) groups is 3. The van der Waals surface area contributed by atoms with E-state index in [0.29, 0.717) is 12.2 Å². The van der Waals surface area contributed by atoms with Gasteiger partial charge in [-0.1, -0.05) is 12.2 Å². The van der Waals surface area contributed by atoms with Crippen molar-refractivity contribution in [3.8, 4) is 0 Å². The Hall–Kier alpha value is -2.57. The summed E-state index contributed by atoms with van der Waals surface area (Å²) in [6.45, 7) is -0.298. The van der Waals surface area contributed by atoms with Gasteiger partial charge >= 0.3 is 12.0 Å². The van der Waals surface area contributed by atoms with Crippen LogP contribution in [0.25, 0.3) is 0 Å². The van der Waals surface area contributed by atoms with Crippen LogP contribution in [0.3, 0.4) is 0 Å². The molecular formula is C15H18N2O5. The fourth-order valence-corrected chi connectivity index (χ4v) is 2.05. The van der Waals surface area contributed by atoms with Crippen LogP contribution in [0.2, 0.25) is 0 Å². The number of imide groups is 1. The quantitative estimate of drug-likeness (QED) is 0.634. The SMILES string of the molecule is O=C(COC(=O)[C@@H]1CC=CCC1)NC(=O)NCc1ccco1. The highest BCUT2D eigenvalue weighted by atomic mass is 16.5. The van der Waals surface area contributed by atoms with Gasteiger partial charge in [-0.2, -0.15) is 0 Å². The number of urea groups is 1. The van der Waals surface area contributed by atoms with Gasteiger partial charge in [-0.05, 0) is 31.4 Å². The number of amides is 3. The highest BCUT2D eigenvalue weighted by molar-refractivity contribution is 5.95. The van der Waals surface area contributed by atoms with Crippen LogP contribution in [0.1, 0.15) is 25.0 Å². The number of allylic oxidation sites excluding steroid dienone is 2. The molecule has 7 nitrogen and oxygen atoms in total. The summed E-state index contributed by atoms with van der Waals surface area (Å²) in [4.78, 5) is 34.7. The molecule has 0 aliphatic heterocycles. The van der Waals surface area contributed by atoms with Crippen LogP contribution in [0.4, 0.5) is 4.79 Å². The Morgan fingerprint density at radius 2 is 2.18 bits per heavy atom. The number of nitrogens with one attached hydrogen (secondary N) is 2. The van der Waals surface area contributed by atoms with Gasteiger partial charge in [-0.15, -0.1) is 0 Å². The first-order valence-corrected chi connectivity index (χ1v) is 7.07. The molecule has 0 fully saturated rings. The van der Waals surface area contributed by atoms with Gasteiger partial charge in [0.25, 0.3) is 5.91 Å². The summed E-state index contributed by atoms with van der Waals surface area (Å²) in [5.41, 5.74) is 0. The van der Waals surface area contributed by atoms with Crippen LogP contribution in [0.5, 0.6) is 0 Å². The first-order chi connectivity index (χ1) is 10.6. The minimum Gasteiger partial charge on any atom is -0.467 e. The summed E-state index contributed by atoms with van der Waals surface area (Å²) in [5, 5.41) is 4.53. The van der Waals surface area contributed by atoms with Crippen LogP contribution >= 0.6 is 0 Å². The van der Waals surface area contributed by atoms with Gasteiger partial charge in [-0.3, -0.25) is 14.9 Å². The third-order valence-electron chi connectivity index (χ3n) is 3.20. The van der Waals surface area contributed by atoms with E-state index in [0.717, 1.165) is 12.8 Å². The van der Waals surface area contributed by atoms with Crippen LogP contribution in [0, 0.1) is 5.92 Å². The molecule has 1 aliphatic carbocycles. The lowest BCUT2D eigenvalue weighted by atomic mass is 9.95. The molecule has 2 N–H and O–H groups in total. The molecule has 1 aromatic heterocycles. The highest BCUT2D eigenvalue weighted by Gasteiger charge is 2.21. The molecule has 7 heteroatoms. The number of hydrogen-bond donors (Lipinski definition) is 2. The third-order valence-corrected chi connectivity index (χ3v) is 3.20. The lowest BCUT2D eigenvalue weighted by Crippen LogP contribution is -2.41. The molecule has 1 aromatic rings. The molecule has 0 bridgehead atoms. The van der Waals surface area contributed by atoms with Crippen LogP contribution < -0.4 is 10.6 Å². The molecule has 3 amide bonds. The van der Waals surface area contributed by atoms with Crippen molar-refractivity contribution in [2.45, 2.75) is 25.8 Å². The summed E-state index contributed by atoms with van der Waals surface area (Å²) < 4.78 is 9.94. The lowest BCUT2D eigenvalue weighted by Gasteiger charge is -2.16. The average Bonchev–Trinajstić information content (AvgIpc) is 3.05. The summed E-state index contributed by atoms with van der Waals surface area (Å²) in [7, 11) is 0. The van der Waals surface area contributed by atoms with Crippen molar-refractivity contribution < 1.29 is 23.5 Å². The van der Waals surface area contributed by atoms with Crippen molar-refractivity contribution in [2.24, 2.45) is 5.92 Å². The summed E-state index contributed by atoms with van der Waals surface area (Å²) in [5.74, 6) is -0.711. The Labute approximate surface area is 127 Å². The van der Waals surface area contributed by atoms with Gasteiger partial charge < -0.3 is 14.5 Å². The maximum absolute atomic E-state index is 11.7. The third kappa shape index (κ3) is 5.08. The zero-order chi connectivity index (χ0) is 15.8. The normalized spacial score (nSPS) is 16.8. The zero-order valence-electron chi connectivity index (χ0n) is 12.0. The Bertz CT molecular complexity index is 550. The molecule has 0 radical (unpaired) electrons. The predicted molar refractivity (Wildman–Crippen MR) is 76.5 cm³/mol. The van der Waals surface area contributed by atoms with E-state index in [2.05, 4.69) is 10.6 Å². The first kappa shape index (κ1) is 15.8. The Morgan fingerprint density at radius 1 is 1.32 bits per heavy atom. The fraction of sp³-hybridized carbons (Fsp3) is 0.400. The summed E-state index contributed by atoms with van der Waals surface area (Å²) >= 11 is 0. The van der Waals surface area contributed by atoms with E-state index in [9.17, 15) is 14.4 Å². The Morgan fingerprint density at radius 3 is 2.86 bits per heavy atom. The molecule has 1 aliphatic rings. The monoisotopic (exact) mass is 306 g/mol. The second-order valence-corrected chi connectivity index (χ2v) is 4.90. The Kier molecular flexibility index (Phi) is 5.76. The largest absolute Gasteiger partial charge is 0.467 e. The van der Waals surface area contributed by atoms with Crippen LogP contribution in [-0.4, -0.2) is 24.5 Å². The van der Waals surface area contributed by atoms with Gasteiger partial charge in [0, 0.05) is 0 Å². The fourth-order valence-electron chi connectivity index (χ4n) is 2.05. The van der Waals surface area contributed by atoms with E-state index in [4.69, 9.17) is 9.15 Å². The van der Waals surface area contributed by atoms with Gasteiger partial charge in [0.1, 0.15) is 5.76 Å². The van der Waals surface area contributed by atoms with E-state index >= 15 is 0 Å². The van der Waals surface area contributed by atoms with Crippen molar-refractivity contribution in [1.29, 1.82) is 0 Å². The average molecular weight is 306 g/mol. The highest BCUT2D eigenvalue weighted by Crippen LogP contribution is 2.19. The molecular weight excluding hydrogens is 288 g/mol. The van der Waals surface area contributed by atoms with E-state index in [1.165, 1.54) is 6.26 Å². The number of ether oxygens (including phenoxy) is 1. The molecule has 22 heavy (non-hydrogen) atoms. The van der Waals surface area contributed by atoms with Crippen LogP contribution in [-0.2, 0) is 20.9 Å². The predicted octanol–water partition coefficient (Wildman–Crippen LogP) is 1.50. The molecule has 0 spiro atoms. The maximum atomic E-state index is 11.7. The number of carbonyl (C=O) groups excluding carboxylic acids is 3. The minimum absolute atomic E-state index is 0.167. The minimum atomic E-state index is -0.670. The molecule has 118 valence electrons. The van der Waals surface area contributed by atoms with Crippen molar-refractivity contribution in [2.75, 3.05) is 6.61 Å².